The number of amides is 1. The summed E-state index contributed by atoms with van der Waals surface area (Å²) < 4.78 is 6.07. The second-order valence-corrected chi connectivity index (χ2v) is 4.37. The summed E-state index contributed by atoms with van der Waals surface area (Å²) in [7, 11) is 1.37. The average Bonchev–Trinajstić information content (AvgIpc) is 2.49. The van der Waals surface area contributed by atoms with E-state index in [4.69, 9.17) is 4.74 Å². The smallest absolute Gasteiger partial charge is 0.293 e. The summed E-state index contributed by atoms with van der Waals surface area (Å²) in [5.41, 5.74) is -0.273. The molecule has 0 aliphatic rings. The lowest BCUT2D eigenvalue weighted by molar-refractivity contribution is -0.384. The van der Waals surface area contributed by atoms with Gasteiger partial charge in [-0.3, -0.25) is 19.7 Å². The third-order valence-electron chi connectivity index (χ3n) is 2.86. The van der Waals surface area contributed by atoms with E-state index in [1.807, 2.05) is 0 Å². The van der Waals surface area contributed by atoms with Crippen molar-refractivity contribution in [2.75, 3.05) is 12.4 Å². The van der Waals surface area contributed by atoms with Crippen molar-refractivity contribution >= 4 is 17.3 Å². The number of aromatic nitrogens is 1. The minimum atomic E-state index is -0.553. The van der Waals surface area contributed by atoms with Crippen LogP contribution in [0.1, 0.15) is 0 Å². The molecule has 0 radical (unpaired) electrons. The molecular formula is C14H13N3O5. The monoisotopic (exact) mass is 303 g/mol. The van der Waals surface area contributed by atoms with Crippen molar-refractivity contribution in [1.29, 1.82) is 0 Å². The Morgan fingerprint density at radius 3 is 2.82 bits per heavy atom. The van der Waals surface area contributed by atoms with E-state index >= 15 is 0 Å². The number of nitro benzene ring substituents is 1. The zero-order chi connectivity index (χ0) is 16.1. The van der Waals surface area contributed by atoms with Gasteiger partial charge < -0.3 is 14.6 Å². The van der Waals surface area contributed by atoms with Crippen molar-refractivity contribution in [2.45, 2.75) is 6.54 Å². The standard InChI is InChI=1S/C14H13N3O5/c1-22-12-6-3-7-16(14(12)19)9-13(18)15-10-4-2-5-11(8-10)17(20)21/h2-8H,9H2,1H3,(H,15,18). The molecule has 1 aromatic carbocycles. The molecule has 0 unspecified atom stereocenters. The molecule has 1 amide bonds. The normalized spacial score (nSPS) is 10.0. The molecule has 0 atom stereocenters. The Hall–Kier alpha value is -3.16. The minimum absolute atomic E-state index is 0.128. The second-order valence-electron chi connectivity index (χ2n) is 4.37. The molecule has 2 aromatic rings. The molecule has 0 fully saturated rings. The van der Waals surface area contributed by atoms with Gasteiger partial charge in [-0.25, -0.2) is 0 Å². The van der Waals surface area contributed by atoms with Crippen LogP contribution in [-0.4, -0.2) is 22.5 Å². The molecule has 0 saturated heterocycles. The summed E-state index contributed by atoms with van der Waals surface area (Å²) in [6.45, 7) is -0.223. The summed E-state index contributed by atoms with van der Waals surface area (Å²) >= 11 is 0. The summed E-state index contributed by atoms with van der Waals surface area (Å²) in [6.07, 6.45) is 1.46. The van der Waals surface area contributed by atoms with E-state index in [1.54, 1.807) is 6.07 Å². The Morgan fingerprint density at radius 1 is 1.36 bits per heavy atom. The Kier molecular flexibility index (Phi) is 4.52. The highest BCUT2D eigenvalue weighted by Gasteiger charge is 2.10. The molecule has 0 aliphatic heterocycles. The first-order valence-electron chi connectivity index (χ1n) is 6.29. The van der Waals surface area contributed by atoms with Crippen LogP contribution in [0.25, 0.3) is 0 Å². The van der Waals surface area contributed by atoms with Gasteiger partial charge in [0.15, 0.2) is 5.75 Å². The van der Waals surface area contributed by atoms with Gasteiger partial charge in [0, 0.05) is 24.0 Å². The van der Waals surface area contributed by atoms with Crippen LogP contribution in [0.4, 0.5) is 11.4 Å². The number of nitrogens with one attached hydrogen (secondary N) is 1. The first kappa shape index (κ1) is 15.2. The third kappa shape index (κ3) is 3.48. The maximum atomic E-state index is 11.9. The van der Waals surface area contributed by atoms with Gasteiger partial charge in [0.2, 0.25) is 5.91 Å². The van der Waals surface area contributed by atoms with Gasteiger partial charge in [-0.2, -0.15) is 0 Å². The van der Waals surface area contributed by atoms with Gasteiger partial charge in [0.25, 0.3) is 11.2 Å². The van der Waals surface area contributed by atoms with Gasteiger partial charge in [0.05, 0.1) is 12.0 Å². The fourth-order valence-corrected chi connectivity index (χ4v) is 1.85. The molecular weight excluding hydrogens is 290 g/mol. The maximum absolute atomic E-state index is 11.9. The second kappa shape index (κ2) is 6.53. The predicted octanol–water partition coefficient (Wildman–Crippen LogP) is 1.40. The molecule has 1 N–H and O–H groups in total. The summed E-state index contributed by atoms with van der Waals surface area (Å²) in [5, 5.41) is 13.2. The third-order valence-corrected chi connectivity index (χ3v) is 2.86. The van der Waals surface area contributed by atoms with Gasteiger partial charge >= 0.3 is 0 Å². The minimum Gasteiger partial charge on any atom is -0.491 e. The lowest BCUT2D eigenvalue weighted by atomic mass is 10.3. The Bertz CT molecular complexity index is 769. The zero-order valence-corrected chi connectivity index (χ0v) is 11.7. The van der Waals surface area contributed by atoms with Crippen molar-refractivity contribution < 1.29 is 14.5 Å². The predicted molar refractivity (Wildman–Crippen MR) is 79.0 cm³/mol. The number of methoxy groups -OCH3 is 1. The SMILES string of the molecule is COc1cccn(CC(=O)Nc2cccc([N+](=O)[O-])c2)c1=O. The highest BCUT2D eigenvalue weighted by Crippen LogP contribution is 2.16. The van der Waals surface area contributed by atoms with Gasteiger partial charge in [-0.15, -0.1) is 0 Å². The Morgan fingerprint density at radius 2 is 2.14 bits per heavy atom. The van der Waals surface area contributed by atoms with E-state index in [9.17, 15) is 19.7 Å². The summed E-state index contributed by atoms with van der Waals surface area (Å²) in [5.74, 6) is -0.346. The van der Waals surface area contributed by atoms with Crippen LogP contribution < -0.4 is 15.6 Å². The highest BCUT2D eigenvalue weighted by molar-refractivity contribution is 5.90. The molecule has 0 bridgehead atoms. The average molecular weight is 303 g/mol. The van der Waals surface area contributed by atoms with E-state index in [0.717, 1.165) is 0 Å². The van der Waals surface area contributed by atoms with Crippen LogP contribution in [0.3, 0.4) is 0 Å². The molecule has 114 valence electrons. The van der Waals surface area contributed by atoms with Crippen LogP contribution in [0.15, 0.2) is 47.4 Å². The van der Waals surface area contributed by atoms with Crippen LogP contribution in [0, 0.1) is 10.1 Å². The summed E-state index contributed by atoms with van der Waals surface area (Å²) in [6, 6.07) is 8.64. The molecule has 8 heteroatoms. The van der Waals surface area contributed by atoms with Gasteiger partial charge in [0.1, 0.15) is 6.54 Å². The number of carbonyl (C=O) groups excluding carboxylic acids is 1. The molecule has 0 aliphatic carbocycles. The van der Waals surface area contributed by atoms with Gasteiger partial charge in [-0.1, -0.05) is 6.07 Å². The van der Waals surface area contributed by atoms with Crippen molar-refractivity contribution in [1.82, 2.24) is 4.57 Å². The highest BCUT2D eigenvalue weighted by atomic mass is 16.6. The fraction of sp³-hybridized carbons (Fsp3) is 0.143. The number of ether oxygens (including phenoxy) is 1. The molecule has 1 heterocycles. The number of benzene rings is 1. The van der Waals surface area contributed by atoms with E-state index in [1.165, 1.54) is 48.2 Å². The number of anilines is 1. The number of pyridine rings is 1. The lowest BCUT2D eigenvalue weighted by Crippen LogP contribution is -2.27. The van der Waals surface area contributed by atoms with Crippen molar-refractivity contribution in [3.05, 3.63) is 63.1 Å². The number of hydrogen-bond acceptors (Lipinski definition) is 5. The molecule has 0 spiro atoms. The van der Waals surface area contributed by atoms with E-state index in [0.29, 0.717) is 0 Å². The van der Waals surface area contributed by atoms with E-state index < -0.39 is 16.4 Å². The topological polar surface area (TPSA) is 103 Å². The van der Waals surface area contributed by atoms with Crippen LogP contribution >= 0.6 is 0 Å². The molecule has 22 heavy (non-hydrogen) atoms. The number of nitro groups is 1. The first-order valence-corrected chi connectivity index (χ1v) is 6.29. The van der Waals surface area contributed by atoms with E-state index in [-0.39, 0.29) is 23.7 Å². The quantitative estimate of drug-likeness (QED) is 0.664. The van der Waals surface area contributed by atoms with Crippen molar-refractivity contribution in [3.8, 4) is 5.75 Å². The first-order chi connectivity index (χ1) is 10.5. The molecule has 8 nitrogen and oxygen atoms in total. The van der Waals surface area contributed by atoms with Crippen LogP contribution in [0.2, 0.25) is 0 Å². The van der Waals surface area contributed by atoms with Crippen molar-refractivity contribution in [2.24, 2.45) is 0 Å². The number of carbonyl (C=O) groups is 1. The lowest BCUT2D eigenvalue weighted by Gasteiger charge is -2.08. The number of non-ortho nitro benzene ring substituents is 1. The van der Waals surface area contributed by atoms with Crippen LogP contribution in [-0.2, 0) is 11.3 Å². The molecule has 2 rings (SSSR count). The number of hydrogen-bond donors (Lipinski definition) is 1. The van der Waals surface area contributed by atoms with Crippen LogP contribution in [0.5, 0.6) is 5.75 Å². The van der Waals surface area contributed by atoms with Gasteiger partial charge in [-0.05, 0) is 18.2 Å². The Labute approximate surface area is 125 Å². The van der Waals surface area contributed by atoms with Crippen molar-refractivity contribution in [3.63, 3.8) is 0 Å². The molecule has 1 aromatic heterocycles. The largest absolute Gasteiger partial charge is 0.491 e. The Balaban J connectivity index is 2.12. The fourth-order valence-electron chi connectivity index (χ4n) is 1.85. The molecule has 0 saturated carbocycles. The summed E-state index contributed by atoms with van der Waals surface area (Å²) in [4.78, 5) is 34.0. The zero-order valence-electron chi connectivity index (χ0n) is 11.7. The number of rotatable bonds is 5. The maximum Gasteiger partial charge on any atom is 0.293 e. The van der Waals surface area contributed by atoms with E-state index in [2.05, 4.69) is 5.32 Å². The number of nitrogens with zero attached hydrogens (tertiary/aromatic N) is 2.